The second-order valence-corrected chi connectivity index (χ2v) is 10.3. The Bertz CT molecular complexity index is 673. The number of nitrogens with one attached hydrogen (secondary N) is 2. The molecule has 6 nitrogen and oxygen atoms in total. The molecule has 1 heterocycles. The van der Waals surface area contributed by atoms with E-state index in [1.54, 1.807) is 7.11 Å². The molecule has 1 saturated heterocycles. The predicted octanol–water partition coefficient (Wildman–Crippen LogP) is 6.32. The van der Waals surface area contributed by atoms with Crippen LogP contribution in [0.15, 0.2) is 30.3 Å². The summed E-state index contributed by atoms with van der Waals surface area (Å²) in [7, 11) is 1.73. The molecule has 2 amide bonds. The summed E-state index contributed by atoms with van der Waals surface area (Å²) < 4.78 is 11.6. The number of ether oxygens (including phenoxy) is 2. The SMILES string of the molecule is CCCCCCC[C@@H](CNCCCC)NC(=O)N1CCC[C@@H]([C@@H](OCCCOC)c2ccccc2)C1. The first-order valence-electron chi connectivity index (χ1n) is 14.6. The van der Waals surface area contributed by atoms with Crippen molar-refractivity contribution < 1.29 is 14.3 Å². The summed E-state index contributed by atoms with van der Waals surface area (Å²) in [5, 5.41) is 6.95. The van der Waals surface area contributed by atoms with E-state index in [4.69, 9.17) is 9.47 Å². The third kappa shape index (κ3) is 12.1. The number of nitrogens with zero attached hydrogens (tertiary/aromatic N) is 1. The zero-order valence-corrected chi connectivity index (χ0v) is 23.3. The van der Waals surface area contributed by atoms with Gasteiger partial charge in [0.25, 0.3) is 0 Å². The molecule has 2 N–H and O–H groups in total. The molecule has 1 aromatic rings. The molecular formula is C30H53N3O3. The van der Waals surface area contributed by atoms with Crippen LogP contribution in [0, 0.1) is 5.92 Å². The molecule has 1 fully saturated rings. The van der Waals surface area contributed by atoms with Crippen molar-refractivity contribution in [3.8, 4) is 0 Å². The van der Waals surface area contributed by atoms with Crippen LogP contribution in [0.1, 0.15) is 96.1 Å². The molecule has 0 saturated carbocycles. The van der Waals surface area contributed by atoms with Gasteiger partial charge in [-0.2, -0.15) is 0 Å². The molecule has 36 heavy (non-hydrogen) atoms. The molecule has 2 rings (SSSR count). The number of rotatable bonds is 19. The summed E-state index contributed by atoms with van der Waals surface area (Å²) in [6, 6.07) is 10.8. The minimum Gasteiger partial charge on any atom is -0.385 e. The number of methoxy groups -OCH3 is 1. The highest BCUT2D eigenvalue weighted by molar-refractivity contribution is 5.74. The monoisotopic (exact) mass is 503 g/mol. The van der Waals surface area contributed by atoms with Gasteiger partial charge in [0.15, 0.2) is 0 Å². The third-order valence-electron chi connectivity index (χ3n) is 7.17. The summed E-state index contributed by atoms with van der Waals surface area (Å²) in [5.41, 5.74) is 1.20. The van der Waals surface area contributed by atoms with E-state index < -0.39 is 0 Å². The molecular weight excluding hydrogens is 450 g/mol. The lowest BCUT2D eigenvalue weighted by molar-refractivity contribution is -0.0167. The van der Waals surface area contributed by atoms with E-state index >= 15 is 0 Å². The number of likely N-dealkylation sites (tertiary alicyclic amines) is 1. The molecule has 1 aliphatic rings. The van der Waals surface area contributed by atoms with Gasteiger partial charge in [-0.3, -0.25) is 0 Å². The number of urea groups is 1. The van der Waals surface area contributed by atoms with Crippen LogP contribution < -0.4 is 10.6 Å². The maximum absolute atomic E-state index is 13.4. The van der Waals surface area contributed by atoms with Crippen LogP contribution in [-0.4, -0.2) is 63.5 Å². The van der Waals surface area contributed by atoms with Crippen LogP contribution in [0.2, 0.25) is 0 Å². The Morgan fingerprint density at radius 2 is 1.81 bits per heavy atom. The van der Waals surface area contributed by atoms with Gasteiger partial charge in [0.05, 0.1) is 6.10 Å². The first-order chi connectivity index (χ1) is 17.7. The first-order valence-corrected chi connectivity index (χ1v) is 14.6. The standard InChI is InChI=1S/C30H53N3O3/c1-4-6-8-9-13-19-28(24-31-20-7-5-2)32-30(34)33-21-14-18-27(25-33)29(36-23-15-22-35-3)26-16-11-10-12-17-26/h10-12,16-17,27-29,31H,4-9,13-15,18-25H2,1-3H3,(H,32,34)/t27-,28+,29+/m1/s1. The second kappa shape index (κ2) is 19.5. The average Bonchev–Trinajstić information content (AvgIpc) is 2.91. The molecule has 0 bridgehead atoms. The van der Waals surface area contributed by atoms with Crippen LogP contribution in [0.3, 0.4) is 0 Å². The van der Waals surface area contributed by atoms with Crippen LogP contribution in [0.25, 0.3) is 0 Å². The number of amides is 2. The predicted molar refractivity (Wildman–Crippen MR) is 149 cm³/mol. The van der Waals surface area contributed by atoms with E-state index in [1.807, 2.05) is 11.0 Å². The first kappa shape index (κ1) is 30.6. The quantitative estimate of drug-likeness (QED) is 0.217. The van der Waals surface area contributed by atoms with E-state index in [2.05, 4.69) is 48.7 Å². The van der Waals surface area contributed by atoms with Gasteiger partial charge in [-0.25, -0.2) is 4.79 Å². The molecule has 0 aliphatic carbocycles. The molecule has 3 atom stereocenters. The van der Waals surface area contributed by atoms with Gasteiger partial charge in [0, 0.05) is 51.9 Å². The van der Waals surface area contributed by atoms with Crippen molar-refractivity contribution in [1.29, 1.82) is 0 Å². The number of carbonyl (C=O) groups is 1. The fourth-order valence-corrected chi connectivity index (χ4v) is 5.07. The van der Waals surface area contributed by atoms with Crippen molar-refractivity contribution in [3.63, 3.8) is 0 Å². The van der Waals surface area contributed by atoms with E-state index in [0.717, 1.165) is 51.9 Å². The number of hydrogen-bond donors (Lipinski definition) is 2. The van der Waals surface area contributed by atoms with E-state index in [9.17, 15) is 4.79 Å². The lowest BCUT2D eigenvalue weighted by atomic mass is 9.88. The Balaban J connectivity index is 1.95. The van der Waals surface area contributed by atoms with E-state index in [0.29, 0.717) is 19.1 Å². The molecule has 1 aliphatic heterocycles. The smallest absolute Gasteiger partial charge is 0.317 e. The van der Waals surface area contributed by atoms with Crippen molar-refractivity contribution in [2.45, 2.75) is 96.6 Å². The lowest BCUT2D eigenvalue weighted by Crippen LogP contribution is -2.51. The van der Waals surface area contributed by atoms with Crippen LogP contribution in [0.4, 0.5) is 4.79 Å². The van der Waals surface area contributed by atoms with Gasteiger partial charge in [0.2, 0.25) is 0 Å². The summed E-state index contributed by atoms with van der Waals surface area (Å²) >= 11 is 0. The minimum atomic E-state index is 0.00345. The fraction of sp³-hybridized carbons (Fsp3) is 0.767. The number of benzene rings is 1. The van der Waals surface area contributed by atoms with Gasteiger partial charge in [-0.15, -0.1) is 0 Å². The maximum Gasteiger partial charge on any atom is 0.317 e. The van der Waals surface area contributed by atoms with E-state index in [1.165, 1.54) is 50.5 Å². The second-order valence-electron chi connectivity index (χ2n) is 10.3. The van der Waals surface area contributed by atoms with Crippen molar-refractivity contribution in [1.82, 2.24) is 15.5 Å². The maximum atomic E-state index is 13.4. The van der Waals surface area contributed by atoms with Gasteiger partial charge in [-0.1, -0.05) is 82.7 Å². The van der Waals surface area contributed by atoms with Crippen molar-refractivity contribution in [2.24, 2.45) is 5.92 Å². The van der Waals surface area contributed by atoms with E-state index in [-0.39, 0.29) is 18.2 Å². The molecule has 6 heteroatoms. The fourth-order valence-electron chi connectivity index (χ4n) is 5.07. The lowest BCUT2D eigenvalue weighted by Gasteiger charge is -2.37. The summed E-state index contributed by atoms with van der Waals surface area (Å²) in [6.07, 6.45) is 12.7. The van der Waals surface area contributed by atoms with Crippen molar-refractivity contribution in [2.75, 3.05) is 46.5 Å². The number of unbranched alkanes of at least 4 members (excludes halogenated alkanes) is 5. The average molecular weight is 504 g/mol. The Morgan fingerprint density at radius 3 is 2.56 bits per heavy atom. The van der Waals surface area contributed by atoms with Crippen molar-refractivity contribution >= 4 is 6.03 Å². The Morgan fingerprint density at radius 1 is 1.03 bits per heavy atom. The zero-order chi connectivity index (χ0) is 25.8. The van der Waals surface area contributed by atoms with Crippen molar-refractivity contribution in [3.05, 3.63) is 35.9 Å². The topological polar surface area (TPSA) is 62.8 Å². The van der Waals surface area contributed by atoms with Crippen LogP contribution in [0.5, 0.6) is 0 Å². The number of hydrogen-bond acceptors (Lipinski definition) is 4. The van der Waals surface area contributed by atoms with Gasteiger partial charge >= 0.3 is 6.03 Å². The number of carbonyl (C=O) groups excluding carboxylic acids is 1. The van der Waals surface area contributed by atoms with Gasteiger partial charge in [-0.05, 0) is 44.2 Å². The third-order valence-corrected chi connectivity index (χ3v) is 7.17. The highest BCUT2D eigenvalue weighted by atomic mass is 16.5. The molecule has 206 valence electrons. The highest BCUT2D eigenvalue weighted by Crippen LogP contribution is 2.33. The largest absolute Gasteiger partial charge is 0.385 e. The minimum absolute atomic E-state index is 0.00345. The van der Waals surface area contributed by atoms with Crippen LogP contribution >= 0.6 is 0 Å². The summed E-state index contributed by atoms with van der Waals surface area (Å²) in [5.74, 6) is 0.296. The zero-order valence-electron chi connectivity index (χ0n) is 23.3. The summed E-state index contributed by atoms with van der Waals surface area (Å²) in [4.78, 5) is 15.4. The molecule has 0 unspecified atom stereocenters. The van der Waals surface area contributed by atoms with Gasteiger partial charge < -0.3 is 25.0 Å². The Kier molecular flexibility index (Phi) is 16.6. The molecule has 0 aromatic heterocycles. The Hall–Kier alpha value is -1.63. The molecule has 0 spiro atoms. The molecule has 1 aromatic carbocycles. The highest BCUT2D eigenvalue weighted by Gasteiger charge is 2.31. The Labute approximate surface area is 220 Å². The summed E-state index contributed by atoms with van der Waals surface area (Å²) in [6.45, 7) is 9.26. The van der Waals surface area contributed by atoms with Crippen LogP contribution in [-0.2, 0) is 9.47 Å². The normalized spacial score (nSPS) is 17.6. The molecule has 0 radical (unpaired) electrons. The number of piperidine rings is 1. The van der Waals surface area contributed by atoms with Gasteiger partial charge in [0.1, 0.15) is 0 Å².